The number of benzene rings is 2. The maximum Gasteiger partial charge on any atom is 0.224 e. The minimum absolute atomic E-state index is 0.0461. The third-order valence-electron chi connectivity index (χ3n) is 3.31. The number of anilines is 1. The van der Waals surface area contributed by atoms with Crippen LogP contribution in [0.4, 0.5) is 5.69 Å². The number of hydrogen-bond acceptors (Lipinski definition) is 1. The lowest BCUT2D eigenvalue weighted by Gasteiger charge is -2.08. The number of aryl methyl sites for hydroxylation is 1. The average Bonchev–Trinajstić information content (AvgIpc) is 2.47. The monoisotopic (exact) mass is 321 g/mol. The number of amides is 1. The van der Waals surface area contributed by atoms with Crippen LogP contribution in [0.2, 0.25) is 10.0 Å². The second kappa shape index (κ2) is 7.48. The topological polar surface area (TPSA) is 29.1 Å². The Morgan fingerprint density at radius 3 is 2.24 bits per heavy atom. The Bertz CT molecular complexity index is 603. The summed E-state index contributed by atoms with van der Waals surface area (Å²) in [5.74, 6) is -0.0461. The molecular weight excluding hydrogens is 305 g/mol. The number of halogens is 2. The van der Waals surface area contributed by atoms with E-state index in [-0.39, 0.29) is 5.91 Å². The normalized spacial score (nSPS) is 10.4. The van der Waals surface area contributed by atoms with E-state index < -0.39 is 0 Å². The van der Waals surface area contributed by atoms with Gasteiger partial charge in [0.25, 0.3) is 0 Å². The summed E-state index contributed by atoms with van der Waals surface area (Å²) >= 11 is 12.2. The molecule has 0 aliphatic heterocycles. The first-order valence-corrected chi connectivity index (χ1v) is 7.67. The molecule has 0 radical (unpaired) electrons. The molecule has 2 rings (SSSR count). The average molecular weight is 322 g/mol. The lowest BCUT2D eigenvalue weighted by molar-refractivity contribution is -0.116. The van der Waals surface area contributed by atoms with E-state index >= 15 is 0 Å². The van der Waals surface area contributed by atoms with E-state index in [0.717, 1.165) is 17.7 Å². The second-order valence-electron chi connectivity index (χ2n) is 4.80. The van der Waals surface area contributed by atoms with Crippen molar-refractivity contribution in [3.63, 3.8) is 0 Å². The first-order valence-electron chi connectivity index (χ1n) is 6.92. The van der Waals surface area contributed by atoms with Gasteiger partial charge in [0.05, 0.1) is 0 Å². The Balaban J connectivity index is 1.92. The van der Waals surface area contributed by atoms with E-state index in [1.165, 1.54) is 5.56 Å². The smallest absolute Gasteiger partial charge is 0.224 e. The third-order valence-corrected chi connectivity index (χ3v) is 4.02. The molecule has 0 bridgehead atoms. The SMILES string of the molecule is CCc1ccc(NC(=O)CCc2c(Cl)cccc2Cl)cc1. The van der Waals surface area contributed by atoms with Gasteiger partial charge in [-0.3, -0.25) is 4.79 Å². The first kappa shape index (κ1) is 15.9. The summed E-state index contributed by atoms with van der Waals surface area (Å²) < 4.78 is 0. The van der Waals surface area contributed by atoms with Gasteiger partial charge in [-0.05, 0) is 48.2 Å². The zero-order valence-electron chi connectivity index (χ0n) is 11.8. The number of carbonyl (C=O) groups is 1. The van der Waals surface area contributed by atoms with Crippen LogP contribution < -0.4 is 5.32 Å². The molecule has 1 amide bonds. The molecule has 2 aromatic rings. The standard InChI is InChI=1S/C17H17Cl2NO/c1-2-12-6-8-13(9-7-12)20-17(21)11-10-14-15(18)4-3-5-16(14)19/h3-9H,2,10-11H2,1H3,(H,20,21). The van der Waals surface area contributed by atoms with Gasteiger partial charge in [0, 0.05) is 22.2 Å². The number of carbonyl (C=O) groups excluding carboxylic acids is 1. The van der Waals surface area contributed by atoms with Crippen LogP contribution in [0.15, 0.2) is 42.5 Å². The minimum Gasteiger partial charge on any atom is -0.326 e. The van der Waals surface area contributed by atoms with Crippen LogP contribution in [0.1, 0.15) is 24.5 Å². The maximum absolute atomic E-state index is 12.0. The minimum atomic E-state index is -0.0461. The van der Waals surface area contributed by atoms with Crippen LogP contribution in [0.25, 0.3) is 0 Å². The molecule has 21 heavy (non-hydrogen) atoms. The Hall–Kier alpha value is -1.51. The van der Waals surface area contributed by atoms with Crippen molar-refractivity contribution in [2.45, 2.75) is 26.2 Å². The van der Waals surface area contributed by atoms with Gasteiger partial charge in [-0.25, -0.2) is 0 Å². The molecule has 0 fully saturated rings. The maximum atomic E-state index is 12.0. The Morgan fingerprint density at radius 2 is 1.67 bits per heavy atom. The fourth-order valence-electron chi connectivity index (χ4n) is 2.06. The fraction of sp³-hybridized carbons (Fsp3) is 0.235. The van der Waals surface area contributed by atoms with Gasteiger partial charge >= 0.3 is 0 Å². The predicted octanol–water partition coefficient (Wildman–Crippen LogP) is 5.13. The van der Waals surface area contributed by atoms with E-state index in [1.54, 1.807) is 18.2 Å². The zero-order valence-corrected chi connectivity index (χ0v) is 13.3. The molecule has 0 aromatic heterocycles. The van der Waals surface area contributed by atoms with Crippen molar-refractivity contribution >= 4 is 34.8 Å². The van der Waals surface area contributed by atoms with Crippen LogP contribution in [0.5, 0.6) is 0 Å². The zero-order chi connectivity index (χ0) is 15.2. The summed E-state index contributed by atoms with van der Waals surface area (Å²) in [6.07, 6.45) is 1.86. The quantitative estimate of drug-likeness (QED) is 0.812. The largest absolute Gasteiger partial charge is 0.326 e. The molecule has 0 spiro atoms. The molecule has 4 heteroatoms. The summed E-state index contributed by atoms with van der Waals surface area (Å²) in [4.78, 5) is 12.0. The molecule has 2 nitrogen and oxygen atoms in total. The van der Waals surface area contributed by atoms with Gasteiger partial charge in [0.2, 0.25) is 5.91 Å². The van der Waals surface area contributed by atoms with Crippen molar-refractivity contribution in [1.29, 1.82) is 0 Å². The van der Waals surface area contributed by atoms with E-state index in [2.05, 4.69) is 12.2 Å². The van der Waals surface area contributed by atoms with Crippen molar-refractivity contribution < 1.29 is 4.79 Å². The van der Waals surface area contributed by atoms with Crippen molar-refractivity contribution in [3.05, 3.63) is 63.6 Å². The molecule has 110 valence electrons. The molecule has 2 aromatic carbocycles. The van der Waals surface area contributed by atoms with E-state index in [1.807, 2.05) is 24.3 Å². The van der Waals surface area contributed by atoms with Gasteiger partial charge in [0.15, 0.2) is 0 Å². The molecule has 0 aliphatic carbocycles. The van der Waals surface area contributed by atoms with E-state index in [0.29, 0.717) is 22.9 Å². The van der Waals surface area contributed by atoms with Crippen molar-refractivity contribution in [1.82, 2.24) is 0 Å². The molecule has 0 atom stereocenters. The van der Waals surface area contributed by atoms with Crippen molar-refractivity contribution in [3.8, 4) is 0 Å². The molecular formula is C17H17Cl2NO. The third kappa shape index (κ3) is 4.48. The second-order valence-corrected chi connectivity index (χ2v) is 5.61. The van der Waals surface area contributed by atoms with Gasteiger partial charge in [-0.1, -0.05) is 48.3 Å². The van der Waals surface area contributed by atoms with E-state index in [4.69, 9.17) is 23.2 Å². The van der Waals surface area contributed by atoms with Crippen molar-refractivity contribution in [2.75, 3.05) is 5.32 Å². The summed E-state index contributed by atoms with van der Waals surface area (Å²) in [7, 11) is 0. The summed E-state index contributed by atoms with van der Waals surface area (Å²) in [5.41, 5.74) is 2.87. The number of rotatable bonds is 5. The summed E-state index contributed by atoms with van der Waals surface area (Å²) in [5, 5.41) is 4.08. The Morgan fingerprint density at radius 1 is 1.05 bits per heavy atom. The Kier molecular flexibility index (Phi) is 5.66. The predicted molar refractivity (Wildman–Crippen MR) is 89.2 cm³/mol. The van der Waals surface area contributed by atoms with Crippen LogP contribution in [0.3, 0.4) is 0 Å². The van der Waals surface area contributed by atoms with Crippen LogP contribution >= 0.6 is 23.2 Å². The first-order chi connectivity index (χ1) is 10.1. The summed E-state index contributed by atoms with van der Waals surface area (Å²) in [6, 6.07) is 13.2. The molecule has 0 saturated carbocycles. The van der Waals surface area contributed by atoms with Gasteiger partial charge < -0.3 is 5.32 Å². The lowest BCUT2D eigenvalue weighted by atomic mass is 10.1. The van der Waals surface area contributed by atoms with E-state index in [9.17, 15) is 4.79 Å². The molecule has 0 saturated heterocycles. The molecule has 0 heterocycles. The van der Waals surface area contributed by atoms with Crippen molar-refractivity contribution in [2.24, 2.45) is 0 Å². The van der Waals surface area contributed by atoms with Gasteiger partial charge in [-0.2, -0.15) is 0 Å². The molecule has 0 aliphatic rings. The van der Waals surface area contributed by atoms with Gasteiger partial charge in [0.1, 0.15) is 0 Å². The highest BCUT2D eigenvalue weighted by atomic mass is 35.5. The number of nitrogens with one attached hydrogen (secondary N) is 1. The number of hydrogen-bond donors (Lipinski definition) is 1. The fourth-order valence-corrected chi connectivity index (χ4v) is 2.64. The lowest BCUT2D eigenvalue weighted by Crippen LogP contribution is -2.12. The highest BCUT2D eigenvalue weighted by Gasteiger charge is 2.08. The highest BCUT2D eigenvalue weighted by molar-refractivity contribution is 6.36. The Labute approximate surface area is 135 Å². The summed E-state index contributed by atoms with van der Waals surface area (Å²) in [6.45, 7) is 2.10. The molecule has 0 unspecified atom stereocenters. The molecule has 1 N–H and O–H groups in total. The van der Waals surface area contributed by atoms with Crippen LogP contribution in [0, 0.1) is 0 Å². The van der Waals surface area contributed by atoms with Crippen LogP contribution in [-0.2, 0) is 17.6 Å². The van der Waals surface area contributed by atoms with Gasteiger partial charge in [-0.15, -0.1) is 0 Å². The van der Waals surface area contributed by atoms with Crippen LogP contribution in [-0.4, -0.2) is 5.91 Å². The highest BCUT2D eigenvalue weighted by Crippen LogP contribution is 2.25.